The Labute approximate surface area is 120 Å². The zero-order valence-electron chi connectivity index (χ0n) is 12.7. The molecule has 1 aliphatic carbocycles. The molecule has 1 unspecified atom stereocenters. The second kappa shape index (κ2) is 6.33. The fourth-order valence-corrected chi connectivity index (χ4v) is 3.69. The first-order chi connectivity index (χ1) is 9.02. The van der Waals surface area contributed by atoms with Crippen molar-refractivity contribution in [3.63, 3.8) is 0 Å². The topological polar surface area (TPSA) is 34.1 Å². The molecule has 19 heavy (non-hydrogen) atoms. The first-order valence-electron chi connectivity index (χ1n) is 7.28. The van der Waals surface area contributed by atoms with Gasteiger partial charge in [-0.3, -0.25) is 0 Å². The van der Waals surface area contributed by atoms with Gasteiger partial charge in [0.1, 0.15) is 11.1 Å². The molecule has 2 rings (SSSR count). The van der Waals surface area contributed by atoms with Gasteiger partial charge in [-0.05, 0) is 24.7 Å². The summed E-state index contributed by atoms with van der Waals surface area (Å²) < 4.78 is 5.61. The van der Waals surface area contributed by atoms with Crippen molar-refractivity contribution in [2.75, 3.05) is 7.11 Å². The van der Waals surface area contributed by atoms with Crippen LogP contribution in [-0.4, -0.2) is 18.1 Å². The fraction of sp³-hybridized carbons (Fsp3) is 0.800. The molecular weight excluding hydrogens is 256 g/mol. The van der Waals surface area contributed by atoms with Crippen LogP contribution in [-0.2, 0) is 11.3 Å². The summed E-state index contributed by atoms with van der Waals surface area (Å²) in [5, 5.41) is 4.73. The number of thiazole rings is 1. The van der Waals surface area contributed by atoms with Gasteiger partial charge >= 0.3 is 0 Å². The maximum Gasteiger partial charge on any atom is 0.122 e. The molecule has 1 saturated carbocycles. The van der Waals surface area contributed by atoms with E-state index in [-0.39, 0.29) is 6.10 Å². The zero-order valence-corrected chi connectivity index (χ0v) is 13.5. The van der Waals surface area contributed by atoms with Gasteiger partial charge in [0.25, 0.3) is 0 Å². The maximum atomic E-state index is 5.61. The Morgan fingerprint density at radius 3 is 2.47 bits per heavy atom. The van der Waals surface area contributed by atoms with Crippen molar-refractivity contribution in [1.82, 2.24) is 10.3 Å². The summed E-state index contributed by atoms with van der Waals surface area (Å²) in [5.74, 6) is 0.936. The van der Waals surface area contributed by atoms with E-state index in [1.165, 1.54) is 23.4 Å². The van der Waals surface area contributed by atoms with Gasteiger partial charge in [-0.2, -0.15) is 0 Å². The molecule has 1 aromatic heterocycles. The van der Waals surface area contributed by atoms with E-state index in [0.717, 1.165) is 17.6 Å². The minimum absolute atomic E-state index is 0.122. The lowest BCUT2D eigenvalue weighted by Gasteiger charge is -2.16. The second-order valence-electron chi connectivity index (χ2n) is 6.07. The van der Waals surface area contributed by atoms with E-state index in [4.69, 9.17) is 9.72 Å². The summed E-state index contributed by atoms with van der Waals surface area (Å²) in [6.07, 6.45) is 2.78. The maximum absolute atomic E-state index is 5.61. The normalized spacial score (nSPS) is 17.4. The molecule has 1 heterocycles. The first kappa shape index (κ1) is 14.9. The lowest BCUT2D eigenvalue weighted by Crippen LogP contribution is -2.15. The molecule has 1 aromatic rings. The highest BCUT2D eigenvalue weighted by Crippen LogP contribution is 2.34. The van der Waals surface area contributed by atoms with E-state index >= 15 is 0 Å². The molecule has 1 atom stereocenters. The largest absolute Gasteiger partial charge is 0.374 e. The summed E-state index contributed by atoms with van der Waals surface area (Å²) in [4.78, 5) is 6.24. The fourth-order valence-electron chi connectivity index (χ4n) is 2.26. The van der Waals surface area contributed by atoms with E-state index in [9.17, 15) is 0 Å². The summed E-state index contributed by atoms with van der Waals surface area (Å²) in [6.45, 7) is 9.77. The molecule has 0 aromatic carbocycles. The van der Waals surface area contributed by atoms with Crippen LogP contribution < -0.4 is 5.32 Å². The van der Waals surface area contributed by atoms with Crippen LogP contribution in [0.25, 0.3) is 0 Å². The number of hydrogen-bond donors (Lipinski definition) is 1. The molecule has 0 saturated heterocycles. The van der Waals surface area contributed by atoms with Crippen molar-refractivity contribution >= 4 is 11.3 Å². The molecule has 108 valence electrons. The Morgan fingerprint density at radius 1 is 1.32 bits per heavy atom. The smallest absolute Gasteiger partial charge is 0.122 e. The van der Waals surface area contributed by atoms with Crippen molar-refractivity contribution in [2.45, 2.75) is 65.1 Å². The number of nitrogens with zero attached hydrogens (tertiary/aromatic N) is 1. The molecular formula is C15H26N2OS. The lowest BCUT2D eigenvalue weighted by atomic mass is 10.1. The van der Waals surface area contributed by atoms with Gasteiger partial charge in [0, 0.05) is 24.6 Å². The summed E-state index contributed by atoms with van der Waals surface area (Å²) in [5.41, 5.74) is 1.25. The van der Waals surface area contributed by atoms with Crippen molar-refractivity contribution in [2.24, 2.45) is 5.92 Å². The zero-order chi connectivity index (χ0) is 14.0. The quantitative estimate of drug-likeness (QED) is 0.824. The Morgan fingerprint density at radius 2 is 2.00 bits per heavy atom. The molecule has 0 bridgehead atoms. The van der Waals surface area contributed by atoms with Crippen molar-refractivity contribution < 1.29 is 4.74 Å². The average molecular weight is 282 g/mol. The molecule has 4 heteroatoms. The van der Waals surface area contributed by atoms with Gasteiger partial charge in [0.05, 0.1) is 5.69 Å². The minimum Gasteiger partial charge on any atom is -0.374 e. The molecule has 1 aliphatic rings. The van der Waals surface area contributed by atoms with Crippen LogP contribution in [0, 0.1) is 5.92 Å². The highest BCUT2D eigenvalue weighted by atomic mass is 32.1. The van der Waals surface area contributed by atoms with Crippen LogP contribution >= 0.6 is 11.3 Å². The van der Waals surface area contributed by atoms with Crippen LogP contribution in [0.3, 0.4) is 0 Å². The number of nitrogens with one attached hydrogen (secondary N) is 1. The Balaban J connectivity index is 2.17. The molecule has 1 fully saturated rings. The van der Waals surface area contributed by atoms with E-state index in [1.54, 1.807) is 7.11 Å². The highest BCUT2D eigenvalue weighted by Gasteiger charge is 2.25. The first-order valence-corrected chi connectivity index (χ1v) is 8.10. The number of ether oxygens (including phenoxy) is 1. The van der Waals surface area contributed by atoms with Crippen LogP contribution in [0.4, 0.5) is 0 Å². The summed E-state index contributed by atoms with van der Waals surface area (Å²) in [7, 11) is 1.78. The van der Waals surface area contributed by atoms with Crippen LogP contribution in [0.2, 0.25) is 0 Å². The van der Waals surface area contributed by atoms with Crippen molar-refractivity contribution in [1.29, 1.82) is 0 Å². The molecule has 3 nitrogen and oxygen atoms in total. The third-order valence-corrected chi connectivity index (χ3v) is 4.66. The molecule has 0 aliphatic heterocycles. The minimum atomic E-state index is 0.122. The van der Waals surface area contributed by atoms with E-state index in [1.807, 2.05) is 11.3 Å². The van der Waals surface area contributed by atoms with E-state index in [2.05, 4.69) is 33.0 Å². The molecule has 1 N–H and O–H groups in total. The van der Waals surface area contributed by atoms with Crippen LogP contribution in [0.15, 0.2) is 0 Å². The van der Waals surface area contributed by atoms with Gasteiger partial charge in [-0.25, -0.2) is 4.98 Å². The molecule has 0 amide bonds. The third kappa shape index (κ3) is 3.77. The van der Waals surface area contributed by atoms with Gasteiger partial charge < -0.3 is 10.1 Å². The summed E-state index contributed by atoms with van der Waals surface area (Å²) >= 11 is 1.82. The SMILES string of the molecule is COC(c1nc(C(C)C)c(CNC2CC2)s1)C(C)C. The Kier molecular flexibility index (Phi) is 4.98. The predicted molar refractivity (Wildman–Crippen MR) is 80.7 cm³/mol. The van der Waals surface area contributed by atoms with Crippen LogP contribution in [0.5, 0.6) is 0 Å². The van der Waals surface area contributed by atoms with E-state index < -0.39 is 0 Å². The third-order valence-electron chi connectivity index (χ3n) is 3.52. The Hall–Kier alpha value is -0.450. The van der Waals surface area contributed by atoms with E-state index in [0.29, 0.717) is 11.8 Å². The standard InChI is InChI=1S/C15H26N2OS/c1-9(2)13-12(8-16-11-6-7-11)19-15(17-13)14(18-5)10(3)4/h9-11,14,16H,6-8H2,1-5H3. The average Bonchev–Trinajstić information content (AvgIpc) is 3.07. The van der Waals surface area contributed by atoms with Gasteiger partial charge in [-0.1, -0.05) is 27.7 Å². The molecule has 0 radical (unpaired) electrons. The number of rotatable bonds is 7. The highest BCUT2D eigenvalue weighted by molar-refractivity contribution is 7.11. The lowest BCUT2D eigenvalue weighted by molar-refractivity contribution is 0.0643. The molecule has 0 spiro atoms. The van der Waals surface area contributed by atoms with Gasteiger partial charge in [-0.15, -0.1) is 11.3 Å². The van der Waals surface area contributed by atoms with Gasteiger partial charge in [0.2, 0.25) is 0 Å². The monoisotopic (exact) mass is 282 g/mol. The number of methoxy groups -OCH3 is 1. The predicted octanol–water partition coefficient (Wildman–Crippen LogP) is 3.86. The van der Waals surface area contributed by atoms with Crippen molar-refractivity contribution in [3.8, 4) is 0 Å². The van der Waals surface area contributed by atoms with Crippen molar-refractivity contribution in [3.05, 3.63) is 15.6 Å². The van der Waals surface area contributed by atoms with Crippen LogP contribution in [0.1, 0.15) is 68.1 Å². The van der Waals surface area contributed by atoms with Gasteiger partial charge in [0.15, 0.2) is 0 Å². The second-order valence-corrected chi connectivity index (χ2v) is 7.19. The Bertz CT molecular complexity index is 410. The number of hydrogen-bond acceptors (Lipinski definition) is 4. The summed E-state index contributed by atoms with van der Waals surface area (Å²) in [6, 6.07) is 0.744. The number of aromatic nitrogens is 1.